The van der Waals surface area contributed by atoms with Crippen molar-refractivity contribution in [3.63, 3.8) is 0 Å². The van der Waals surface area contributed by atoms with Crippen molar-refractivity contribution in [2.45, 2.75) is 19.4 Å². The van der Waals surface area contributed by atoms with Gasteiger partial charge in [0.15, 0.2) is 0 Å². The van der Waals surface area contributed by atoms with E-state index in [1.807, 2.05) is 0 Å². The molecule has 1 atom stereocenters. The van der Waals surface area contributed by atoms with Gasteiger partial charge in [0.05, 0.1) is 7.11 Å². The lowest BCUT2D eigenvalue weighted by molar-refractivity contribution is -0.148. The number of aryl methyl sites for hydroxylation is 1. The number of hydrogen-bond acceptors (Lipinski definition) is 3. The van der Waals surface area contributed by atoms with Crippen LogP contribution in [0.3, 0.4) is 0 Å². The molecule has 3 nitrogen and oxygen atoms in total. The number of rotatable bonds is 3. The highest BCUT2D eigenvalue weighted by Crippen LogP contribution is 2.26. The van der Waals surface area contributed by atoms with Crippen LogP contribution in [0.2, 0.25) is 0 Å². The van der Waals surface area contributed by atoms with E-state index in [1.54, 1.807) is 0 Å². The first-order valence-corrected chi connectivity index (χ1v) is 5.10. The van der Waals surface area contributed by atoms with Crippen molar-refractivity contribution < 1.29 is 18.3 Å². The summed E-state index contributed by atoms with van der Waals surface area (Å²) in [5.74, 6) is -1.89. The molecule has 1 aromatic carbocycles. The molecule has 0 heterocycles. The summed E-state index contributed by atoms with van der Waals surface area (Å²) in [5.41, 5.74) is -1.29. The number of hydrogen-bond donors (Lipinski definition) is 1. The third kappa shape index (κ3) is 2.29. The maximum atomic E-state index is 13.8. The Morgan fingerprint density at radius 3 is 2.41 bits per heavy atom. The van der Waals surface area contributed by atoms with E-state index in [-0.39, 0.29) is 11.1 Å². The van der Waals surface area contributed by atoms with Crippen molar-refractivity contribution in [2.75, 3.05) is 14.2 Å². The maximum Gasteiger partial charge on any atom is 0.330 e. The maximum absolute atomic E-state index is 13.8. The van der Waals surface area contributed by atoms with Crippen LogP contribution in [0.15, 0.2) is 12.1 Å². The van der Waals surface area contributed by atoms with E-state index in [9.17, 15) is 13.6 Å². The van der Waals surface area contributed by atoms with E-state index in [4.69, 9.17) is 0 Å². The number of likely N-dealkylation sites (N-methyl/N-ethyl adjacent to an activating group) is 1. The molecule has 0 spiro atoms. The molecular weight excluding hydrogens is 228 g/mol. The first kappa shape index (κ1) is 13.6. The van der Waals surface area contributed by atoms with Gasteiger partial charge >= 0.3 is 5.97 Å². The molecule has 5 heteroatoms. The molecule has 94 valence electrons. The quantitative estimate of drug-likeness (QED) is 0.824. The van der Waals surface area contributed by atoms with Gasteiger partial charge < -0.3 is 10.1 Å². The lowest BCUT2D eigenvalue weighted by atomic mass is 9.90. The fraction of sp³-hybridized carbons (Fsp3) is 0.417. The molecule has 0 aliphatic heterocycles. The van der Waals surface area contributed by atoms with Crippen LogP contribution in [-0.4, -0.2) is 20.1 Å². The number of ether oxygens (including phenoxy) is 1. The number of halogens is 2. The van der Waals surface area contributed by atoms with Crippen molar-refractivity contribution in [1.82, 2.24) is 5.32 Å². The first-order chi connectivity index (χ1) is 7.86. The largest absolute Gasteiger partial charge is 0.467 e. The number of nitrogens with one attached hydrogen (secondary N) is 1. The Balaban J connectivity index is 3.40. The number of benzene rings is 1. The van der Waals surface area contributed by atoms with Gasteiger partial charge in [0.25, 0.3) is 0 Å². The van der Waals surface area contributed by atoms with Crippen molar-refractivity contribution in [3.8, 4) is 0 Å². The van der Waals surface area contributed by atoms with Crippen LogP contribution in [-0.2, 0) is 15.1 Å². The molecule has 0 fully saturated rings. The molecule has 0 saturated heterocycles. The number of esters is 1. The standard InChI is InChI=1S/C12H15F2NO2/c1-7-5-10(14)8(6-9(7)13)12(2,15-3)11(16)17-4/h5-6,15H,1-4H3. The molecule has 0 aliphatic carbocycles. The number of carbonyl (C=O) groups is 1. The van der Waals surface area contributed by atoms with E-state index in [0.717, 1.165) is 12.1 Å². The topological polar surface area (TPSA) is 38.3 Å². The highest BCUT2D eigenvalue weighted by atomic mass is 19.1. The van der Waals surface area contributed by atoms with Crippen molar-refractivity contribution in [3.05, 3.63) is 34.9 Å². The smallest absolute Gasteiger partial charge is 0.330 e. The van der Waals surface area contributed by atoms with Crippen LogP contribution in [0.5, 0.6) is 0 Å². The summed E-state index contributed by atoms with van der Waals surface area (Å²) >= 11 is 0. The van der Waals surface area contributed by atoms with Crippen LogP contribution in [0, 0.1) is 18.6 Å². The fourth-order valence-corrected chi connectivity index (χ4v) is 1.58. The van der Waals surface area contributed by atoms with E-state index in [0.29, 0.717) is 0 Å². The summed E-state index contributed by atoms with van der Waals surface area (Å²) in [6, 6.07) is 2.07. The van der Waals surface area contributed by atoms with Gasteiger partial charge in [0, 0.05) is 5.56 Å². The van der Waals surface area contributed by atoms with Gasteiger partial charge in [-0.15, -0.1) is 0 Å². The highest BCUT2D eigenvalue weighted by Gasteiger charge is 2.37. The normalized spacial score (nSPS) is 14.2. The van der Waals surface area contributed by atoms with Crippen LogP contribution in [0.1, 0.15) is 18.1 Å². The summed E-state index contributed by atoms with van der Waals surface area (Å²) < 4.78 is 31.8. The van der Waals surface area contributed by atoms with Crippen molar-refractivity contribution in [1.29, 1.82) is 0 Å². The van der Waals surface area contributed by atoms with E-state index < -0.39 is 23.1 Å². The SMILES string of the molecule is CNC(C)(C(=O)OC)c1cc(F)c(C)cc1F. The van der Waals surface area contributed by atoms with E-state index in [2.05, 4.69) is 10.1 Å². The minimum absolute atomic E-state index is 0.0741. The van der Waals surface area contributed by atoms with Gasteiger partial charge in [-0.2, -0.15) is 0 Å². The van der Waals surface area contributed by atoms with Crippen LogP contribution < -0.4 is 5.32 Å². The van der Waals surface area contributed by atoms with Crippen molar-refractivity contribution in [2.24, 2.45) is 0 Å². The third-order valence-electron chi connectivity index (χ3n) is 2.88. The van der Waals surface area contributed by atoms with Gasteiger partial charge in [-0.1, -0.05) is 0 Å². The Morgan fingerprint density at radius 2 is 1.94 bits per heavy atom. The first-order valence-electron chi connectivity index (χ1n) is 5.10. The lowest BCUT2D eigenvalue weighted by Gasteiger charge is -2.27. The molecule has 1 aromatic rings. The van der Waals surface area contributed by atoms with Gasteiger partial charge in [-0.05, 0) is 38.6 Å². The predicted molar refractivity (Wildman–Crippen MR) is 59.5 cm³/mol. The molecule has 0 saturated carbocycles. The summed E-state index contributed by atoms with van der Waals surface area (Å²) in [6.45, 7) is 2.89. The van der Waals surface area contributed by atoms with Gasteiger partial charge in [-0.3, -0.25) is 0 Å². The summed E-state index contributed by atoms with van der Waals surface area (Å²) in [5, 5.41) is 2.65. The summed E-state index contributed by atoms with van der Waals surface area (Å²) in [4.78, 5) is 11.6. The molecule has 1 N–H and O–H groups in total. The lowest BCUT2D eigenvalue weighted by Crippen LogP contribution is -2.46. The molecule has 0 radical (unpaired) electrons. The number of methoxy groups -OCH3 is 1. The molecule has 0 amide bonds. The van der Waals surface area contributed by atoms with Crippen LogP contribution >= 0.6 is 0 Å². The number of carbonyl (C=O) groups excluding carboxylic acids is 1. The second-order valence-electron chi connectivity index (χ2n) is 3.95. The third-order valence-corrected chi connectivity index (χ3v) is 2.88. The average molecular weight is 243 g/mol. The molecule has 0 bridgehead atoms. The van der Waals surface area contributed by atoms with E-state index in [1.165, 1.54) is 28.0 Å². The van der Waals surface area contributed by atoms with Gasteiger partial charge in [0.1, 0.15) is 17.2 Å². The minimum atomic E-state index is -1.41. The highest BCUT2D eigenvalue weighted by molar-refractivity contribution is 5.82. The summed E-state index contributed by atoms with van der Waals surface area (Å²) in [6.07, 6.45) is 0. The molecule has 17 heavy (non-hydrogen) atoms. The Morgan fingerprint density at radius 1 is 1.35 bits per heavy atom. The zero-order valence-electron chi connectivity index (χ0n) is 10.2. The molecular formula is C12H15F2NO2. The fourth-order valence-electron chi connectivity index (χ4n) is 1.58. The van der Waals surface area contributed by atoms with Crippen molar-refractivity contribution >= 4 is 5.97 Å². The van der Waals surface area contributed by atoms with Gasteiger partial charge in [-0.25, -0.2) is 13.6 Å². The predicted octanol–water partition coefficient (Wildman–Crippen LogP) is 1.88. The monoisotopic (exact) mass is 243 g/mol. The average Bonchev–Trinajstić information content (AvgIpc) is 2.31. The molecule has 0 aliphatic rings. The molecule has 1 rings (SSSR count). The molecule has 1 unspecified atom stereocenters. The van der Waals surface area contributed by atoms with Crippen LogP contribution in [0.25, 0.3) is 0 Å². The van der Waals surface area contributed by atoms with Gasteiger partial charge in [0.2, 0.25) is 0 Å². The zero-order valence-corrected chi connectivity index (χ0v) is 10.2. The molecule has 0 aromatic heterocycles. The van der Waals surface area contributed by atoms with Crippen LogP contribution in [0.4, 0.5) is 8.78 Å². The zero-order chi connectivity index (χ0) is 13.2. The second kappa shape index (κ2) is 4.79. The Hall–Kier alpha value is -1.49. The minimum Gasteiger partial charge on any atom is -0.467 e. The van der Waals surface area contributed by atoms with E-state index >= 15 is 0 Å². The second-order valence-corrected chi connectivity index (χ2v) is 3.95. The Bertz CT molecular complexity index is 448. The Kier molecular flexibility index (Phi) is 3.83. The summed E-state index contributed by atoms with van der Waals surface area (Å²) in [7, 11) is 2.68. The Labute approximate surface area is 98.8 Å².